The van der Waals surface area contributed by atoms with Crippen LogP contribution in [0.4, 0.5) is 5.69 Å². The highest BCUT2D eigenvalue weighted by atomic mass is 14.9. The molecule has 0 radical (unpaired) electrons. The van der Waals surface area contributed by atoms with Gasteiger partial charge in [0.1, 0.15) is 0 Å². The van der Waals surface area contributed by atoms with E-state index >= 15 is 0 Å². The molecule has 0 bridgehead atoms. The Kier molecular flexibility index (Phi) is 6.33. The minimum absolute atomic E-state index is 0.494. The van der Waals surface area contributed by atoms with Crippen LogP contribution in [0.5, 0.6) is 0 Å². The molecule has 0 saturated heterocycles. The summed E-state index contributed by atoms with van der Waals surface area (Å²) in [4.78, 5) is 0. The number of anilines is 1. The van der Waals surface area contributed by atoms with Gasteiger partial charge in [0.2, 0.25) is 0 Å². The van der Waals surface area contributed by atoms with Crippen LogP contribution < -0.4 is 5.32 Å². The predicted octanol–water partition coefficient (Wildman–Crippen LogP) is 5.46. The summed E-state index contributed by atoms with van der Waals surface area (Å²) in [6.07, 6.45) is 5.94. The fraction of sp³-hybridized carbons (Fsp3) is 0.400. The Balaban J connectivity index is 1.92. The maximum Gasteiger partial charge on any atom is 0.0342 e. The highest BCUT2D eigenvalue weighted by Gasteiger charge is 2.07. The van der Waals surface area contributed by atoms with Gasteiger partial charge in [-0.1, -0.05) is 62.7 Å². The molecule has 0 heterocycles. The van der Waals surface area contributed by atoms with E-state index in [0.29, 0.717) is 6.04 Å². The molecule has 21 heavy (non-hydrogen) atoms. The van der Waals surface area contributed by atoms with E-state index in [2.05, 4.69) is 73.8 Å². The maximum atomic E-state index is 3.66. The summed E-state index contributed by atoms with van der Waals surface area (Å²) < 4.78 is 0. The van der Waals surface area contributed by atoms with E-state index in [9.17, 15) is 0 Å². The van der Waals surface area contributed by atoms with E-state index < -0.39 is 0 Å². The molecule has 0 spiro atoms. The highest BCUT2D eigenvalue weighted by Crippen LogP contribution is 2.15. The molecule has 2 aromatic carbocycles. The smallest absolute Gasteiger partial charge is 0.0342 e. The van der Waals surface area contributed by atoms with Gasteiger partial charge in [0.05, 0.1) is 0 Å². The Bertz CT molecular complexity index is 501. The average Bonchev–Trinajstić information content (AvgIpc) is 2.54. The summed E-state index contributed by atoms with van der Waals surface area (Å²) in [6, 6.07) is 20.2. The molecule has 1 unspecified atom stereocenters. The van der Waals surface area contributed by atoms with Gasteiger partial charge < -0.3 is 5.32 Å². The van der Waals surface area contributed by atoms with Crippen LogP contribution in [0, 0.1) is 0 Å². The molecule has 0 aliphatic rings. The Morgan fingerprint density at radius 2 is 1.57 bits per heavy atom. The van der Waals surface area contributed by atoms with Gasteiger partial charge in [-0.3, -0.25) is 0 Å². The molecule has 1 N–H and O–H groups in total. The molecule has 2 aromatic rings. The van der Waals surface area contributed by atoms with Gasteiger partial charge in [-0.15, -0.1) is 0 Å². The lowest BCUT2D eigenvalue weighted by Crippen LogP contribution is -2.21. The monoisotopic (exact) mass is 281 g/mol. The number of rotatable bonds is 8. The minimum Gasteiger partial charge on any atom is -0.382 e. The van der Waals surface area contributed by atoms with Gasteiger partial charge >= 0.3 is 0 Å². The average molecular weight is 281 g/mol. The zero-order valence-electron chi connectivity index (χ0n) is 13.3. The van der Waals surface area contributed by atoms with Gasteiger partial charge in [0, 0.05) is 11.7 Å². The van der Waals surface area contributed by atoms with Crippen LogP contribution >= 0.6 is 0 Å². The SMILES string of the molecule is CCCCc1ccc(NC(CC)Cc2ccccc2)cc1. The van der Waals surface area contributed by atoms with E-state index in [1.165, 1.54) is 36.1 Å². The van der Waals surface area contributed by atoms with E-state index in [1.807, 2.05) is 0 Å². The van der Waals surface area contributed by atoms with Crippen LogP contribution in [0.1, 0.15) is 44.2 Å². The third-order valence-corrected chi connectivity index (χ3v) is 3.96. The van der Waals surface area contributed by atoms with Crippen molar-refractivity contribution >= 4 is 5.69 Å². The first-order valence-electron chi connectivity index (χ1n) is 8.21. The number of hydrogen-bond donors (Lipinski definition) is 1. The lowest BCUT2D eigenvalue weighted by atomic mass is 10.0. The predicted molar refractivity (Wildman–Crippen MR) is 92.9 cm³/mol. The molecule has 0 amide bonds. The van der Waals surface area contributed by atoms with Gasteiger partial charge in [-0.05, 0) is 48.9 Å². The van der Waals surface area contributed by atoms with E-state index in [1.54, 1.807) is 0 Å². The van der Waals surface area contributed by atoms with Crippen LogP contribution in [0.25, 0.3) is 0 Å². The first-order chi connectivity index (χ1) is 10.3. The van der Waals surface area contributed by atoms with Crippen molar-refractivity contribution in [2.75, 3.05) is 5.32 Å². The molecule has 1 atom stereocenters. The zero-order chi connectivity index (χ0) is 14.9. The number of aryl methyl sites for hydroxylation is 1. The summed E-state index contributed by atoms with van der Waals surface area (Å²) >= 11 is 0. The molecule has 2 rings (SSSR count). The lowest BCUT2D eigenvalue weighted by molar-refractivity contribution is 0.690. The molecule has 0 aliphatic heterocycles. The van der Waals surface area contributed by atoms with Crippen molar-refractivity contribution in [2.24, 2.45) is 0 Å². The first-order valence-corrected chi connectivity index (χ1v) is 8.21. The second kappa shape index (κ2) is 8.51. The van der Waals surface area contributed by atoms with Crippen molar-refractivity contribution in [2.45, 2.75) is 52.0 Å². The Hall–Kier alpha value is -1.76. The van der Waals surface area contributed by atoms with Crippen molar-refractivity contribution in [1.82, 2.24) is 0 Å². The summed E-state index contributed by atoms with van der Waals surface area (Å²) in [5, 5.41) is 3.66. The molecular formula is C20H27N. The van der Waals surface area contributed by atoms with Crippen LogP contribution in [0.3, 0.4) is 0 Å². The van der Waals surface area contributed by atoms with E-state index in [0.717, 1.165) is 12.8 Å². The van der Waals surface area contributed by atoms with Crippen molar-refractivity contribution in [3.05, 3.63) is 65.7 Å². The second-order valence-corrected chi connectivity index (χ2v) is 5.74. The van der Waals surface area contributed by atoms with Crippen molar-refractivity contribution in [3.8, 4) is 0 Å². The largest absolute Gasteiger partial charge is 0.382 e. The van der Waals surface area contributed by atoms with Gasteiger partial charge in [-0.2, -0.15) is 0 Å². The fourth-order valence-corrected chi connectivity index (χ4v) is 2.58. The quantitative estimate of drug-likeness (QED) is 0.677. The van der Waals surface area contributed by atoms with E-state index in [-0.39, 0.29) is 0 Å². The Morgan fingerprint density at radius 3 is 2.19 bits per heavy atom. The molecule has 0 aliphatic carbocycles. The summed E-state index contributed by atoms with van der Waals surface area (Å²) in [5.74, 6) is 0. The number of nitrogens with one attached hydrogen (secondary N) is 1. The highest BCUT2D eigenvalue weighted by molar-refractivity contribution is 5.45. The van der Waals surface area contributed by atoms with Gasteiger partial charge in [0.25, 0.3) is 0 Å². The van der Waals surface area contributed by atoms with Crippen LogP contribution in [-0.2, 0) is 12.8 Å². The minimum atomic E-state index is 0.494. The van der Waals surface area contributed by atoms with Crippen molar-refractivity contribution in [1.29, 1.82) is 0 Å². The topological polar surface area (TPSA) is 12.0 Å². The molecule has 1 heteroatoms. The molecule has 0 aromatic heterocycles. The second-order valence-electron chi connectivity index (χ2n) is 5.74. The zero-order valence-corrected chi connectivity index (χ0v) is 13.3. The number of unbranched alkanes of at least 4 members (excludes halogenated alkanes) is 1. The van der Waals surface area contributed by atoms with Crippen LogP contribution in [-0.4, -0.2) is 6.04 Å². The third kappa shape index (κ3) is 5.26. The normalized spacial score (nSPS) is 12.1. The molecule has 0 saturated carbocycles. The Labute approximate surface area is 129 Å². The van der Waals surface area contributed by atoms with Crippen molar-refractivity contribution in [3.63, 3.8) is 0 Å². The molecule has 112 valence electrons. The van der Waals surface area contributed by atoms with Gasteiger partial charge in [-0.25, -0.2) is 0 Å². The summed E-state index contributed by atoms with van der Waals surface area (Å²) in [7, 11) is 0. The molecular weight excluding hydrogens is 254 g/mol. The van der Waals surface area contributed by atoms with Crippen LogP contribution in [0.15, 0.2) is 54.6 Å². The first kappa shape index (κ1) is 15.6. The van der Waals surface area contributed by atoms with Crippen LogP contribution in [0.2, 0.25) is 0 Å². The molecule has 0 fully saturated rings. The number of hydrogen-bond acceptors (Lipinski definition) is 1. The lowest BCUT2D eigenvalue weighted by Gasteiger charge is -2.18. The van der Waals surface area contributed by atoms with Gasteiger partial charge in [0.15, 0.2) is 0 Å². The molecule has 1 nitrogen and oxygen atoms in total. The summed E-state index contributed by atoms with van der Waals surface area (Å²) in [6.45, 7) is 4.49. The van der Waals surface area contributed by atoms with Crippen molar-refractivity contribution < 1.29 is 0 Å². The standard InChI is InChI=1S/C20H27N/c1-3-5-9-17-12-14-20(15-13-17)21-19(4-2)16-18-10-7-6-8-11-18/h6-8,10-15,19,21H,3-5,9,16H2,1-2H3. The fourth-order valence-electron chi connectivity index (χ4n) is 2.58. The summed E-state index contributed by atoms with van der Waals surface area (Å²) in [5.41, 5.74) is 4.08. The third-order valence-electron chi connectivity index (χ3n) is 3.96. The maximum absolute atomic E-state index is 3.66. The number of benzene rings is 2. The Morgan fingerprint density at radius 1 is 0.857 bits per heavy atom. The van der Waals surface area contributed by atoms with E-state index in [4.69, 9.17) is 0 Å².